The van der Waals surface area contributed by atoms with Gasteiger partial charge in [0.15, 0.2) is 11.2 Å². The van der Waals surface area contributed by atoms with E-state index in [9.17, 15) is 44.3 Å². The Morgan fingerprint density at radius 2 is 1.54 bits per heavy atom. The van der Waals surface area contributed by atoms with Crippen LogP contribution in [0.5, 0.6) is 0 Å². The van der Waals surface area contributed by atoms with Crippen molar-refractivity contribution < 1.29 is 69.5 Å². The number of aliphatic hydroxyl groups is 1. The van der Waals surface area contributed by atoms with Crippen LogP contribution in [0.15, 0.2) is 54.4 Å². The zero-order valence-corrected chi connectivity index (χ0v) is 29.5. The largest absolute Gasteiger partial charge is 0.504 e. The Morgan fingerprint density at radius 1 is 0.938 bits per heavy atom. The van der Waals surface area contributed by atoms with Crippen molar-refractivity contribution in [2.24, 2.45) is 11.3 Å². The van der Waals surface area contributed by atoms with Gasteiger partial charge in [-0.25, -0.2) is 0 Å². The van der Waals surface area contributed by atoms with Gasteiger partial charge in [-0.3, -0.25) is 4.79 Å². The fourth-order valence-electron chi connectivity index (χ4n) is 5.97. The second-order valence-electron chi connectivity index (χ2n) is 12.5. The number of alkyl halides is 9. The predicted molar refractivity (Wildman–Crippen MR) is 163 cm³/mol. The Kier molecular flexibility index (Phi) is 11.3. The first-order chi connectivity index (χ1) is 21.6. The van der Waals surface area contributed by atoms with Gasteiger partial charge in [-0.05, 0) is 58.3 Å². The van der Waals surface area contributed by atoms with E-state index in [-0.39, 0.29) is 48.2 Å². The maximum atomic E-state index is 14.8. The Labute approximate surface area is 288 Å². The summed E-state index contributed by atoms with van der Waals surface area (Å²) in [6, 6.07) is 10.1. The Bertz CT molecular complexity index is 1820. The number of hydrogen-bond donors (Lipinski definition) is 1. The number of aliphatic hydroxyl groups excluding tert-OH is 1. The summed E-state index contributed by atoms with van der Waals surface area (Å²) in [6.45, 7) is 9.36. The van der Waals surface area contributed by atoms with Gasteiger partial charge in [0.05, 0.1) is 0 Å². The zero-order chi connectivity index (χ0) is 35.3. The number of ketones is 1. The van der Waals surface area contributed by atoms with Gasteiger partial charge >= 0.3 is 18.5 Å². The smallest absolute Gasteiger partial charge is 0.448 e. The van der Waals surface area contributed by atoms with Crippen molar-refractivity contribution in [1.82, 2.24) is 4.98 Å². The fraction of sp³-hybridized carbons (Fsp3) is 0.412. The maximum Gasteiger partial charge on any atom is 0.448 e. The molecule has 5 rings (SSSR count). The molecule has 0 atom stereocenters. The van der Waals surface area contributed by atoms with Gasteiger partial charge < -0.3 is 10.1 Å². The van der Waals surface area contributed by atoms with Gasteiger partial charge in [-0.2, -0.15) is 39.5 Å². The average molecular weight is 881 g/mol. The van der Waals surface area contributed by atoms with Gasteiger partial charge in [0, 0.05) is 47.7 Å². The number of allylic oxidation sites excluding steroid dienone is 2. The molecule has 2 heterocycles. The number of hydrogen-bond acceptors (Lipinski definition) is 4. The second kappa shape index (κ2) is 13.7. The zero-order valence-electron chi connectivity index (χ0n) is 26.3. The third-order valence-electron chi connectivity index (χ3n) is 8.04. The van der Waals surface area contributed by atoms with Gasteiger partial charge in [-0.1, -0.05) is 52.3 Å². The molecule has 0 unspecified atom stereocenters. The standard InChI is InChI=1S/C25H18F6NS.C9H13F3O2.Ir/c1-22(2,3)12-13-8-9-16-18-19-17(33-21(13)18)10-11-32-20(19)14-6-4-5-7-15(14)23(16,24(26,27)28)25(29,30)31;1-3-6(4-2)7(13)5-8(14)9(10,11)12;/h4-5,7-11H,12H2,1-3H3;5-6,14H,3-4H2,1-2H3;/q-1;;/b;8-5-;. The minimum Gasteiger partial charge on any atom is -0.504 e. The van der Waals surface area contributed by atoms with Crippen LogP contribution < -0.4 is 0 Å². The summed E-state index contributed by atoms with van der Waals surface area (Å²) in [5.74, 6) is -2.95. The summed E-state index contributed by atoms with van der Waals surface area (Å²) in [5.41, 5.74) is -5.56. The van der Waals surface area contributed by atoms with E-state index in [1.807, 2.05) is 20.8 Å². The number of benzene rings is 2. The topological polar surface area (TPSA) is 50.2 Å². The molecule has 1 N–H and O–H groups in total. The van der Waals surface area contributed by atoms with Crippen LogP contribution in [0.3, 0.4) is 0 Å². The number of rotatable bonds is 5. The molecule has 1 aliphatic rings. The molecular weight excluding hydrogens is 850 g/mol. The number of nitrogens with zero attached hydrogens (tertiary/aromatic N) is 1. The molecule has 2 aromatic carbocycles. The quantitative estimate of drug-likeness (QED) is 0.0940. The number of carbonyl (C=O) groups is 1. The Morgan fingerprint density at radius 3 is 2.06 bits per heavy atom. The van der Waals surface area contributed by atoms with E-state index in [0.29, 0.717) is 34.0 Å². The van der Waals surface area contributed by atoms with Gasteiger partial charge in [0.1, 0.15) is 0 Å². The average Bonchev–Trinajstić information content (AvgIpc) is 3.28. The van der Waals surface area contributed by atoms with Crippen molar-refractivity contribution in [2.45, 2.75) is 77.8 Å². The third-order valence-corrected chi connectivity index (χ3v) is 9.27. The number of thiophene rings is 1. The first kappa shape index (κ1) is 39.5. The SMILES string of the molecule is CC(C)(C)Cc1ccc2c3c1sc1ccnc(c13)-c1[c-]cccc1C2(C(F)(F)F)C(F)(F)F.CCC(CC)C(=O)/C=C(\O)C(F)(F)F.[Ir]. The summed E-state index contributed by atoms with van der Waals surface area (Å²) in [4.78, 5) is 15.4. The molecule has 0 amide bonds. The van der Waals surface area contributed by atoms with Crippen molar-refractivity contribution in [2.75, 3.05) is 0 Å². The number of fused-ring (bicyclic) bond motifs is 2. The molecule has 4 aromatic rings. The molecule has 2 aromatic heterocycles. The molecule has 3 nitrogen and oxygen atoms in total. The molecule has 0 fully saturated rings. The van der Waals surface area contributed by atoms with Crippen LogP contribution in [0.4, 0.5) is 39.5 Å². The van der Waals surface area contributed by atoms with Gasteiger partial charge in [-0.15, -0.1) is 41.2 Å². The molecule has 0 spiro atoms. The van der Waals surface area contributed by atoms with E-state index in [0.717, 1.165) is 23.8 Å². The Hall–Kier alpha value is -2.96. The van der Waals surface area contributed by atoms with Crippen molar-refractivity contribution in [3.8, 4) is 11.3 Å². The van der Waals surface area contributed by atoms with Crippen LogP contribution in [0.25, 0.3) is 31.4 Å². The van der Waals surface area contributed by atoms with Crippen molar-refractivity contribution >= 4 is 37.3 Å². The van der Waals surface area contributed by atoms with E-state index < -0.39 is 52.5 Å². The predicted octanol–water partition coefficient (Wildman–Crippen LogP) is 11.2. The first-order valence-electron chi connectivity index (χ1n) is 14.6. The fourth-order valence-corrected chi connectivity index (χ4v) is 7.21. The van der Waals surface area contributed by atoms with E-state index in [1.54, 1.807) is 19.9 Å². The number of carbonyl (C=O) groups excluding carboxylic acids is 1. The van der Waals surface area contributed by atoms with E-state index in [1.165, 1.54) is 29.7 Å². The van der Waals surface area contributed by atoms with Crippen molar-refractivity contribution in [3.05, 3.63) is 77.2 Å². The van der Waals surface area contributed by atoms with Crippen LogP contribution in [0, 0.1) is 17.4 Å². The number of pyridine rings is 1. The minimum absolute atomic E-state index is 0. The van der Waals surface area contributed by atoms with Gasteiger partial charge in [0.25, 0.3) is 0 Å². The molecule has 263 valence electrons. The second-order valence-corrected chi connectivity index (χ2v) is 13.5. The molecule has 14 heteroatoms. The molecule has 1 radical (unpaired) electrons. The van der Waals surface area contributed by atoms with Crippen LogP contribution in [-0.4, -0.2) is 34.4 Å². The first-order valence-corrected chi connectivity index (χ1v) is 15.4. The molecule has 0 bridgehead atoms. The normalized spacial score (nSPS) is 14.8. The molecule has 1 aliphatic carbocycles. The molecule has 48 heavy (non-hydrogen) atoms. The van der Waals surface area contributed by atoms with E-state index >= 15 is 0 Å². The van der Waals surface area contributed by atoms with Crippen molar-refractivity contribution in [3.63, 3.8) is 0 Å². The van der Waals surface area contributed by atoms with Gasteiger partial charge in [0.2, 0.25) is 5.76 Å². The van der Waals surface area contributed by atoms with Crippen LogP contribution in [0.2, 0.25) is 0 Å². The van der Waals surface area contributed by atoms with Crippen LogP contribution in [0.1, 0.15) is 64.2 Å². The van der Waals surface area contributed by atoms with E-state index in [4.69, 9.17) is 5.11 Å². The Balaban J connectivity index is 0.000000356. The summed E-state index contributed by atoms with van der Waals surface area (Å²) in [5, 5.41) is 8.82. The monoisotopic (exact) mass is 881 g/mol. The number of halogens is 9. The molecule has 0 saturated heterocycles. The van der Waals surface area contributed by atoms with Crippen LogP contribution >= 0.6 is 11.3 Å². The molecule has 0 aliphatic heterocycles. The number of aromatic nitrogens is 1. The summed E-state index contributed by atoms with van der Waals surface area (Å²) in [7, 11) is 0. The maximum absolute atomic E-state index is 14.8. The van der Waals surface area contributed by atoms with Crippen LogP contribution in [-0.2, 0) is 36.7 Å². The van der Waals surface area contributed by atoms with E-state index in [2.05, 4.69) is 11.1 Å². The summed E-state index contributed by atoms with van der Waals surface area (Å²) in [6.07, 6.45) is -13.0. The summed E-state index contributed by atoms with van der Waals surface area (Å²) >= 11 is 1.21. The van der Waals surface area contributed by atoms with Crippen molar-refractivity contribution in [1.29, 1.82) is 0 Å². The third kappa shape index (κ3) is 7.03. The minimum atomic E-state index is -5.65. The molecular formula is C34H31F9IrNO2S-. The molecule has 0 saturated carbocycles. The summed E-state index contributed by atoms with van der Waals surface area (Å²) < 4.78 is 125.